The van der Waals surface area contributed by atoms with Crippen molar-refractivity contribution in [2.24, 2.45) is 0 Å². The lowest BCUT2D eigenvalue weighted by Crippen LogP contribution is -2.37. The molecule has 4 nitrogen and oxygen atoms in total. The van der Waals surface area contributed by atoms with Crippen molar-refractivity contribution in [2.45, 2.75) is 38.6 Å². The van der Waals surface area contributed by atoms with Crippen LogP contribution in [-0.2, 0) is 0 Å². The van der Waals surface area contributed by atoms with E-state index in [0.29, 0.717) is 12.0 Å². The van der Waals surface area contributed by atoms with E-state index in [1.165, 1.54) is 17.7 Å². The Bertz CT molecular complexity index is 861. The Labute approximate surface area is 147 Å². The second-order valence-corrected chi connectivity index (χ2v) is 7.11. The number of rotatable bonds is 3. The smallest absolute Gasteiger partial charge is 0.178 e. The summed E-state index contributed by atoms with van der Waals surface area (Å²) in [6, 6.07) is 9.27. The Morgan fingerprint density at radius 3 is 2.56 bits per heavy atom. The zero-order chi connectivity index (χ0) is 17.4. The zero-order valence-corrected chi connectivity index (χ0v) is 14.7. The number of aromatic amines is 1. The minimum atomic E-state index is -0.231. The summed E-state index contributed by atoms with van der Waals surface area (Å²) in [4.78, 5) is 14.8. The van der Waals surface area contributed by atoms with Gasteiger partial charge in [0.05, 0.1) is 17.5 Å². The molecule has 0 unspecified atom stereocenters. The number of likely N-dealkylation sites (tertiary alicyclic amines) is 1. The third-order valence-electron chi connectivity index (χ3n) is 5.27. The fourth-order valence-corrected chi connectivity index (χ4v) is 3.77. The fourth-order valence-electron chi connectivity index (χ4n) is 3.77. The molecule has 4 rings (SSSR count). The molecule has 3 aromatic rings. The van der Waals surface area contributed by atoms with Crippen molar-refractivity contribution in [3.8, 4) is 11.3 Å². The molecule has 1 aromatic carbocycles. The van der Waals surface area contributed by atoms with Crippen molar-refractivity contribution in [1.29, 1.82) is 0 Å². The Morgan fingerprint density at radius 2 is 1.88 bits per heavy atom. The molecule has 0 bridgehead atoms. The molecule has 3 heterocycles. The Kier molecular flexibility index (Phi) is 4.25. The molecule has 1 saturated heterocycles. The lowest BCUT2D eigenvalue weighted by molar-refractivity contribution is 0.172. The number of halogens is 1. The number of H-pyrrole nitrogens is 1. The number of piperidine rings is 1. The van der Waals surface area contributed by atoms with Gasteiger partial charge in [-0.1, -0.05) is 0 Å². The monoisotopic (exact) mass is 338 g/mol. The first-order chi connectivity index (χ1) is 12.1. The van der Waals surface area contributed by atoms with Gasteiger partial charge in [-0.2, -0.15) is 0 Å². The summed E-state index contributed by atoms with van der Waals surface area (Å²) in [6.07, 6.45) is 3.98. The minimum Gasteiger partial charge on any atom is -0.343 e. The molecule has 5 heteroatoms. The Hall–Kier alpha value is -2.27. The molecule has 1 aliphatic heterocycles. The molecule has 1 fully saturated rings. The van der Waals surface area contributed by atoms with Crippen molar-refractivity contribution in [3.63, 3.8) is 0 Å². The van der Waals surface area contributed by atoms with Crippen LogP contribution < -0.4 is 0 Å². The third kappa shape index (κ3) is 3.16. The van der Waals surface area contributed by atoms with Crippen molar-refractivity contribution in [2.75, 3.05) is 13.1 Å². The highest BCUT2D eigenvalue weighted by Crippen LogP contribution is 2.34. The number of hydrogen-bond donors (Lipinski definition) is 1. The van der Waals surface area contributed by atoms with Gasteiger partial charge in [-0.3, -0.25) is 0 Å². The standard InChI is InChI=1S/C20H23FN4/c1-13(2)25-9-7-14(8-10-25)17-11-18(15-3-5-16(21)6-4-15)24-20-19(17)22-12-23-20/h3-6,11-14H,7-10H2,1-2H3,(H,22,23,24). The Balaban J connectivity index is 1.71. The maximum Gasteiger partial charge on any atom is 0.178 e. The fraction of sp³-hybridized carbons (Fsp3) is 0.400. The van der Waals surface area contributed by atoms with Crippen LogP contribution in [0.3, 0.4) is 0 Å². The first-order valence-electron chi connectivity index (χ1n) is 8.96. The van der Waals surface area contributed by atoms with Crippen LogP contribution >= 0.6 is 0 Å². The average Bonchev–Trinajstić information content (AvgIpc) is 3.10. The predicted molar refractivity (Wildman–Crippen MR) is 98.0 cm³/mol. The number of pyridine rings is 1. The van der Waals surface area contributed by atoms with Gasteiger partial charge < -0.3 is 9.88 Å². The quantitative estimate of drug-likeness (QED) is 0.772. The maximum absolute atomic E-state index is 13.2. The third-order valence-corrected chi connectivity index (χ3v) is 5.27. The summed E-state index contributed by atoms with van der Waals surface area (Å²) in [6.45, 7) is 6.75. The number of aromatic nitrogens is 3. The van der Waals surface area contributed by atoms with E-state index in [1.807, 2.05) is 0 Å². The second-order valence-electron chi connectivity index (χ2n) is 7.11. The van der Waals surface area contributed by atoms with Crippen molar-refractivity contribution < 1.29 is 4.39 Å². The first kappa shape index (κ1) is 16.2. The van der Waals surface area contributed by atoms with E-state index in [-0.39, 0.29) is 5.82 Å². The van der Waals surface area contributed by atoms with Gasteiger partial charge in [0.15, 0.2) is 5.65 Å². The Morgan fingerprint density at radius 1 is 1.16 bits per heavy atom. The van der Waals surface area contributed by atoms with E-state index >= 15 is 0 Å². The van der Waals surface area contributed by atoms with Gasteiger partial charge in [-0.15, -0.1) is 0 Å². The topological polar surface area (TPSA) is 44.8 Å². The highest BCUT2D eigenvalue weighted by atomic mass is 19.1. The molecule has 1 N–H and O–H groups in total. The highest BCUT2D eigenvalue weighted by Gasteiger charge is 2.25. The van der Waals surface area contributed by atoms with Crippen LogP contribution in [-0.4, -0.2) is 39.0 Å². The second kappa shape index (κ2) is 6.56. The average molecular weight is 338 g/mol. The van der Waals surface area contributed by atoms with Crippen LogP contribution in [0, 0.1) is 5.82 Å². The summed E-state index contributed by atoms with van der Waals surface area (Å²) in [5, 5.41) is 0. The van der Waals surface area contributed by atoms with Crippen LogP contribution in [0.4, 0.5) is 4.39 Å². The normalized spacial score (nSPS) is 16.8. The van der Waals surface area contributed by atoms with Gasteiger partial charge in [-0.05, 0) is 81.6 Å². The highest BCUT2D eigenvalue weighted by molar-refractivity contribution is 5.79. The van der Waals surface area contributed by atoms with E-state index in [2.05, 4.69) is 39.8 Å². The van der Waals surface area contributed by atoms with E-state index < -0.39 is 0 Å². The summed E-state index contributed by atoms with van der Waals surface area (Å²) >= 11 is 0. The summed E-state index contributed by atoms with van der Waals surface area (Å²) < 4.78 is 13.2. The molecule has 0 radical (unpaired) electrons. The number of fused-ring (bicyclic) bond motifs is 1. The van der Waals surface area contributed by atoms with Crippen LogP contribution in [0.2, 0.25) is 0 Å². The molecule has 0 atom stereocenters. The summed E-state index contributed by atoms with van der Waals surface area (Å²) in [5.41, 5.74) is 4.84. The molecule has 0 saturated carbocycles. The number of nitrogens with zero attached hydrogens (tertiary/aromatic N) is 3. The maximum atomic E-state index is 13.2. The van der Waals surface area contributed by atoms with Crippen LogP contribution in [0.5, 0.6) is 0 Å². The zero-order valence-electron chi connectivity index (χ0n) is 14.7. The van der Waals surface area contributed by atoms with Crippen LogP contribution in [0.25, 0.3) is 22.4 Å². The number of benzene rings is 1. The van der Waals surface area contributed by atoms with Crippen molar-refractivity contribution in [1.82, 2.24) is 19.9 Å². The molecule has 0 aliphatic carbocycles. The lowest BCUT2D eigenvalue weighted by atomic mass is 9.88. The van der Waals surface area contributed by atoms with E-state index in [4.69, 9.17) is 0 Å². The molecule has 130 valence electrons. The molecular weight excluding hydrogens is 315 g/mol. The van der Waals surface area contributed by atoms with E-state index in [0.717, 1.165) is 48.4 Å². The minimum absolute atomic E-state index is 0.231. The number of hydrogen-bond acceptors (Lipinski definition) is 3. The van der Waals surface area contributed by atoms with Gasteiger partial charge in [-0.25, -0.2) is 14.4 Å². The van der Waals surface area contributed by atoms with Gasteiger partial charge in [0, 0.05) is 11.6 Å². The van der Waals surface area contributed by atoms with Gasteiger partial charge >= 0.3 is 0 Å². The van der Waals surface area contributed by atoms with E-state index in [9.17, 15) is 4.39 Å². The van der Waals surface area contributed by atoms with Gasteiger partial charge in [0.2, 0.25) is 0 Å². The first-order valence-corrected chi connectivity index (χ1v) is 8.96. The summed E-state index contributed by atoms with van der Waals surface area (Å²) in [5.74, 6) is 0.269. The summed E-state index contributed by atoms with van der Waals surface area (Å²) in [7, 11) is 0. The van der Waals surface area contributed by atoms with E-state index in [1.54, 1.807) is 18.5 Å². The number of imidazole rings is 1. The molecular formula is C20H23FN4. The van der Waals surface area contributed by atoms with Gasteiger partial charge in [0.25, 0.3) is 0 Å². The molecule has 1 aliphatic rings. The molecule has 0 spiro atoms. The molecule has 0 amide bonds. The van der Waals surface area contributed by atoms with Crippen LogP contribution in [0.1, 0.15) is 38.2 Å². The van der Waals surface area contributed by atoms with Crippen molar-refractivity contribution >= 4 is 11.2 Å². The van der Waals surface area contributed by atoms with Crippen molar-refractivity contribution in [3.05, 3.63) is 48.0 Å². The SMILES string of the molecule is CC(C)N1CCC(c2cc(-c3ccc(F)cc3)nc3nc[nH]c23)CC1. The lowest BCUT2D eigenvalue weighted by Gasteiger charge is -2.35. The van der Waals surface area contributed by atoms with Gasteiger partial charge in [0.1, 0.15) is 5.82 Å². The molecule has 2 aromatic heterocycles. The predicted octanol–water partition coefficient (Wildman–Crippen LogP) is 4.35. The molecule has 25 heavy (non-hydrogen) atoms. The number of nitrogens with one attached hydrogen (secondary N) is 1. The van der Waals surface area contributed by atoms with Crippen LogP contribution in [0.15, 0.2) is 36.7 Å². The largest absolute Gasteiger partial charge is 0.343 e.